The van der Waals surface area contributed by atoms with Crippen molar-refractivity contribution in [1.82, 2.24) is 0 Å². The lowest BCUT2D eigenvalue weighted by Gasteiger charge is -1.92. The van der Waals surface area contributed by atoms with E-state index in [-0.39, 0.29) is 0 Å². The van der Waals surface area contributed by atoms with Gasteiger partial charge in [0.25, 0.3) is 0 Å². The third-order valence-electron chi connectivity index (χ3n) is 1.81. The third kappa shape index (κ3) is 3.13. The van der Waals surface area contributed by atoms with Gasteiger partial charge >= 0.3 is 0 Å². The summed E-state index contributed by atoms with van der Waals surface area (Å²) in [6, 6.07) is 9.70. The van der Waals surface area contributed by atoms with Crippen molar-refractivity contribution in [3.8, 4) is 6.07 Å². The first-order valence-corrected chi connectivity index (χ1v) is 4.53. The maximum absolute atomic E-state index is 8.57. The van der Waals surface area contributed by atoms with Crippen molar-refractivity contribution in [2.75, 3.05) is 0 Å². The molecule has 1 heteroatoms. The normalized spacial score (nSPS) is 10.2. The molecule has 0 spiro atoms. The average molecular weight is 171 g/mol. The van der Waals surface area contributed by atoms with Gasteiger partial charge in [-0.15, -0.1) is 0 Å². The van der Waals surface area contributed by atoms with E-state index in [0.29, 0.717) is 5.56 Å². The molecule has 13 heavy (non-hydrogen) atoms. The van der Waals surface area contributed by atoms with Crippen LogP contribution in [0.5, 0.6) is 0 Å². The highest BCUT2D eigenvalue weighted by atomic mass is 14.2. The fourth-order valence-corrected chi connectivity index (χ4v) is 1.05. The van der Waals surface area contributed by atoms with Gasteiger partial charge in [-0.25, -0.2) is 0 Å². The lowest BCUT2D eigenvalue weighted by atomic mass is 10.1. The summed E-state index contributed by atoms with van der Waals surface area (Å²) in [4.78, 5) is 0. The van der Waals surface area contributed by atoms with Crippen LogP contribution in [0.1, 0.15) is 30.9 Å². The van der Waals surface area contributed by atoms with Gasteiger partial charge in [-0.1, -0.05) is 37.6 Å². The van der Waals surface area contributed by atoms with Crippen LogP contribution < -0.4 is 0 Å². The molecule has 0 aromatic heterocycles. The molecule has 0 radical (unpaired) electrons. The lowest BCUT2D eigenvalue weighted by molar-refractivity contribution is 0.962. The smallest absolute Gasteiger partial charge is 0.0991 e. The number of hydrogen-bond donors (Lipinski definition) is 0. The SMILES string of the molecule is CCC/C=C/c1ccc(C#N)cc1. The molecule has 0 saturated carbocycles. The van der Waals surface area contributed by atoms with E-state index >= 15 is 0 Å². The minimum absolute atomic E-state index is 0.715. The fraction of sp³-hybridized carbons (Fsp3) is 0.250. The molecule has 0 amide bonds. The summed E-state index contributed by atoms with van der Waals surface area (Å²) in [7, 11) is 0. The number of allylic oxidation sites excluding steroid dienone is 1. The number of benzene rings is 1. The largest absolute Gasteiger partial charge is 0.192 e. The zero-order valence-corrected chi connectivity index (χ0v) is 7.83. The van der Waals surface area contributed by atoms with E-state index in [4.69, 9.17) is 5.26 Å². The Morgan fingerprint density at radius 1 is 1.31 bits per heavy atom. The number of nitriles is 1. The van der Waals surface area contributed by atoms with Gasteiger partial charge in [-0.05, 0) is 24.1 Å². The minimum atomic E-state index is 0.715. The molecule has 0 N–H and O–H groups in total. The maximum Gasteiger partial charge on any atom is 0.0991 e. The molecule has 0 bridgehead atoms. The van der Waals surface area contributed by atoms with Crippen molar-refractivity contribution in [3.05, 3.63) is 41.5 Å². The van der Waals surface area contributed by atoms with Crippen LogP contribution in [0, 0.1) is 11.3 Å². The van der Waals surface area contributed by atoms with Gasteiger partial charge in [-0.3, -0.25) is 0 Å². The van der Waals surface area contributed by atoms with Crippen molar-refractivity contribution >= 4 is 6.08 Å². The summed E-state index contributed by atoms with van der Waals surface area (Å²) < 4.78 is 0. The van der Waals surface area contributed by atoms with Crippen LogP contribution >= 0.6 is 0 Å². The van der Waals surface area contributed by atoms with Crippen molar-refractivity contribution in [2.45, 2.75) is 19.8 Å². The zero-order valence-electron chi connectivity index (χ0n) is 7.83. The van der Waals surface area contributed by atoms with Crippen LogP contribution in [-0.4, -0.2) is 0 Å². The summed E-state index contributed by atoms with van der Waals surface area (Å²) in [6.07, 6.45) is 6.53. The molecule has 1 rings (SSSR count). The third-order valence-corrected chi connectivity index (χ3v) is 1.81. The molecule has 0 aliphatic heterocycles. The Labute approximate surface area is 79.3 Å². The van der Waals surface area contributed by atoms with E-state index in [1.54, 1.807) is 0 Å². The molecule has 0 atom stereocenters. The zero-order chi connectivity index (χ0) is 9.52. The highest BCUT2D eigenvalue weighted by Crippen LogP contribution is 2.05. The summed E-state index contributed by atoms with van der Waals surface area (Å²) in [5.74, 6) is 0. The molecule has 1 nitrogen and oxygen atoms in total. The quantitative estimate of drug-likeness (QED) is 0.684. The summed E-state index contributed by atoms with van der Waals surface area (Å²) in [5, 5.41) is 8.57. The molecule has 0 fully saturated rings. The second-order valence-corrected chi connectivity index (χ2v) is 2.92. The van der Waals surface area contributed by atoms with E-state index in [9.17, 15) is 0 Å². The fourth-order valence-electron chi connectivity index (χ4n) is 1.05. The van der Waals surface area contributed by atoms with Crippen LogP contribution in [0.15, 0.2) is 30.3 Å². The Bertz CT molecular complexity index is 314. The van der Waals surface area contributed by atoms with Crippen LogP contribution in [0.3, 0.4) is 0 Å². The van der Waals surface area contributed by atoms with Crippen LogP contribution in [0.25, 0.3) is 6.08 Å². The van der Waals surface area contributed by atoms with E-state index in [2.05, 4.69) is 25.1 Å². The van der Waals surface area contributed by atoms with Gasteiger partial charge in [-0.2, -0.15) is 5.26 Å². The first-order chi connectivity index (χ1) is 6.36. The van der Waals surface area contributed by atoms with Crippen molar-refractivity contribution in [2.24, 2.45) is 0 Å². The second-order valence-electron chi connectivity index (χ2n) is 2.92. The highest BCUT2D eigenvalue weighted by Gasteiger charge is 1.88. The van der Waals surface area contributed by atoms with Gasteiger partial charge in [0, 0.05) is 0 Å². The predicted molar refractivity (Wildman–Crippen MR) is 55.1 cm³/mol. The maximum atomic E-state index is 8.57. The monoisotopic (exact) mass is 171 g/mol. The predicted octanol–water partition coefficient (Wildman–Crippen LogP) is 3.37. The number of rotatable bonds is 3. The van der Waals surface area contributed by atoms with E-state index in [1.807, 2.05) is 24.3 Å². The Kier molecular flexibility index (Phi) is 3.78. The van der Waals surface area contributed by atoms with Gasteiger partial charge in [0.05, 0.1) is 11.6 Å². The first kappa shape index (κ1) is 9.54. The Morgan fingerprint density at radius 3 is 2.54 bits per heavy atom. The van der Waals surface area contributed by atoms with Crippen molar-refractivity contribution in [1.29, 1.82) is 5.26 Å². The Balaban J connectivity index is 2.65. The minimum Gasteiger partial charge on any atom is -0.192 e. The molecule has 0 heterocycles. The molecule has 1 aromatic rings. The van der Waals surface area contributed by atoms with Crippen LogP contribution in [0.4, 0.5) is 0 Å². The molecular formula is C12H13N. The number of nitrogens with zero attached hydrogens (tertiary/aromatic N) is 1. The molecule has 66 valence electrons. The van der Waals surface area contributed by atoms with E-state index < -0.39 is 0 Å². The summed E-state index contributed by atoms with van der Waals surface area (Å²) >= 11 is 0. The lowest BCUT2D eigenvalue weighted by Crippen LogP contribution is -1.74. The standard InChI is InChI=1S/C12H13N/c1-2-3-4-5-11-6-8-12(10-13)9-7-11/h4-9H,2-3H2,1H3/b5-4+. The van der Waals surface area contributed by atoms with Crippen molar-refractivity contribution < 1.29 is 0 Å². The molecule has 0 aliphatic rings. The molecule has 0 saturated heterocycles. The second kappa shape index (κ2) is 5.16. The molecule has 0 unspecified atom stereocenters. The number of hydrogen-bond acceptors (Lipinski definition) is 1. The summed E-state index contributed by atoms with van der Waals surface area (Å²) in [5.41, 5.74) is 1.88. The molecule has 1 aromatic carbocycles. The van der Waals surface area contributed by atoms with Gasteiger partial charge in [0.15, 0.2) is 0 Å². The van der Waals surface area contributed by atoms with Gasteiger partial charge < -0.3 is 0 Å². The topological polar surface area (TPSA) is 23.8 Å². The number of unbranched alkanes of at least 4 members (excludes halogenated alkanes) is 1. The van der Waals surface area contributed by atoms with E-state index in [0.717, 1.165) is 12.0 Å². The van der Waals surface area contributed by atoms with Gasteiger partial charge in [0.1, 0.15) is 0 Å². The van der Waals surface area contributed by atoms with Crippen LogP contribution in [-0.2, 0) is 0 Å². The average Bonchev–Trinajstić information content (AvgIpc) is 2.19. The molecular weight excluding hydrogens is 158 g/mol. The van der Waals surface area contributed by atoms with Crippen LogP contribution in [0.2, 0.25) is 0 Å². The molecule has 0 aliphatic carbocycles. The van der Waals surface area contributed by atoms with E-state index in [1.165, 1.54) is 6.42 Å². The first-order valence-electron chi connectivity index (χ1n) is 4.53. The Morgan fingerprint density at radius 2 is 2.00 bits per heavy atom. The highest BCUT2D eigenvalue weighted by molar-refractivity contribution is 5.50. The Hall–Kier alpha value is -1.55. The van der Waals surface area contributed by atoms with Crippen molar-refractivity contribution in [3.63, 3.8) is 0 Å². The van der Waals surface area contributed by atoms with Gasteiger partial charge in [0.2, 0.25) is 0 Å². The summed E-state index contributed by atoms with van der Waals surface area (Å²) in [6.45, 7) is 2.16.